The summed E-state index contributed by atoms with van der Waals surface area (Å²) in [4.78, 5) is 40.8. The van der Waals surface area contributed by atoms with Crippen molar-refractivity contribution >= 4 is 52.6 Å². The molecular formula is C27H26N4O5S3. The van der Waals surface area contributed by atoms with Crippen LogP contribution in [0.2, 0.25) is 0 Å². The van der Waals surface area contributed by atoms with Crippen LogP contribution in [-0.4, -0.2) is 62.9 Å². The van der Waals surface area contributed by atoms with Gasteiger partial charge in [0.25, 0.3) is 5.91 Å². The molecule has 2 atom stereocenters. The average molecular weight is 583 g/mol. The quantitative estimate of drug-likeness (QED) is 0.218. The van der Waals surface area contributed by atoms with E-state index in [1.54, 1.807) is 19.2 Å². The molecule has 0 saturated carbocycles. The number of amides is 2. The van der Waals surface area contributed by atoms with E-state index in [1.807, 2.05) is 49.4 Å². The predicted octanol–water partition coefficient (Wildman–Crippen LogP) is 3.59. The summed E-state index contributed by atoms with van der Waals surface area (Å²) in [5.41, 5.74) is 2.70. The Hall–Kier alpha value is -3.35. The molecule has 1 saturated heterocycles. The second-order valence-electron chi connectivity index (χ2n) is 8.87. The van der Waals surface area contributed by atoms with Crippen molar-refractivity contribution in [2.75, 3.05) is 18.6 Å². The van der Waals surface area contributed by atoms with Crippen LogP contribution in [0.15, 0.2) is 70.2 Å². The number of nitrogens with one attached hydrogen (secondary N) is 1. The Morgan fingerprint density at radius 2 is 1.87 bits per heavy atom. The van der Waals surface area contributed by atoms with E-state index in [0.717, 1.165) is 26.0 Å². The Morgan fingerprint density at radius 3 is 2.56 bits per heavy atom. The summed E-state index contributed by atoms with van der Waals surface area (Å²) >= 11 is 4.48. The van der Waals surface area contributed by atoms with Crippen LogP contribution in [0.1, 0.15) is 16.1 Å². The zero-order chi connectivity index (χ0) is 27.4. The monoisotopic (exact) mass is 582 g/mol. The highest BCUT2D eigenvalue weighted by Gasteiger charge is 2.54. The number of hydrogen-bond acceptors (Lipinski definition) is 10. The lowest BCUT2D eigenvalue weighted by Gasteiger charge is -2.49. The summed E-state index contributed by atoms with van der Waals surface area (Å²) in [7, 11) is 1.59. The van der Waals surface area contributed by atoms with Gasteiger partial charge in [0.05, 0.1) is 13.5 Å². The first kappa shape index (κ1) is 27.2. The first-order chi connectivity index (χ1) is 18.9. The number of methoxy groups -OCH3 is 1. The third-order valence-electron chi connectivity index (χ3n) is 6.17. The molecule has 202 valence electrons. The summed E-state index contributed by atoms with van der Waals surface area (Å²) in [6.07, 6.45) is 0.178. The van der Waals surface area contributed by atoms with Crippen molar-refractivity contribution in [3.63, 3.8) is 0 Å². The van der Waals surface area contributed by atoms with Gasteiger partial charge in [-0.15, -0.1) is 22.0 Å². The molecule has 0 radical (unpaired) electrons. The summed E-state index contributed by atoms with van der Waals surface area (Å²) in [5, 5.41) is 11.5. The minimum atomic E-state index is -0.699. The number of carbonyl (C=O) groups excluding carboxylic acids is 3. The number of β-lactam (4-membered cyclic amide) rings is 1. The topological polar surface area (TPSA) is 111 Å². The molecule has 2 aromatic carbocycles. The molecule has 5 rings (SSSR count). The maximum atomic E-state index is 13.4. The van der Waals surface area contributed by atoms with Gasteiger partial charge in [-0.05, 0) is 35.8 Å². The third kappa shape index (κ3) is 6.29. The van der Waals surface area contributed by atoms with Gasteiger partial charge in [0.15, 0.2) is 4.34 Å². The number of rotatable bonds is 10. The van der Waals surface area contributed by atoms with E-state index in [0.29, 0.717) is 17.3 Å². The molecule has 2 amide bonds. The highest BCUT2D eigenvalue weighted by atomic mass is 32.2. The van der Waals surface area contributed by atoms with Crippen LogP contribution in [0.4, 0.5) is 0 Å². The van der Waals surface area contributed by atoms with Crippen LogP contribution >= 0.6 is 34.9 Å². The number of benzene rings is 2. The number of hydrogen-bond donors (Lipinski definition) is 1. The molecule has 2 aliphatic rings. The highest BCUT2D eigenvalue weighted by molar-refractivity contribution is 8.01. The molecule has 39 heavy (non-hydrogen) atoms. The fourth-order valence-corrected chi connectivity index (χ4v) is 7.51. The molecule has 0 bridgehead atoms. The Balaban J connectivity index is 1.30. The van der Waals surface area contributed by atoms with Crippen molar-refractivity contribution in [3.8, 4) is 5.75 Å². The predicted molar refractivity (Wildman–Crippen MR) is 150 cm³/mol. The second-order valence-corrected chi connectivity index (χ2v) is 12.4. The van der Waals surface area contributed by atoms with Gasteiger partial charge in [-0.2, -0.15) is 0 Å². The minimum absolute atomic E-state index is 0.0550. The Labute approximate surface area is 238 Å². The molecule has 1 unspecified atom stereocenters. The van der Waals surface area contributed by atoms with Gasteiger partial charge in [-0.1, -0.05) is 65.6 Å². The van der Waals surface area contributed by atoms with E-state index >= 15 is 0 Å². The normalized spacial score (nSPS) is 18.3. The van der Waals surface area contributed by atoms with Crippen LogP contribution in [0.3, 0.4) is 0 Å². The fraction of sp³-hybridized carbons (Fsp3) is 0.296. The van der Waals surface area contributed by atoms with Crippen LogP contribution in [0.25, 0.3) is 0 Å². The first-order valence-electron chi connectivity index (χ1n) is 12.2. The lowest BCUT2D eigenvalue weighted by molar-refractivity contribution is -0.153. The second kappa shape index (κ2) is 12.2. The molecule has 1 N–H and O–H groups in total. The van der Waals surface area contributed by atoms with Gasteiger partial charge < -0.3 is 14.8 Å². The van der Waals surface area contributed by atoms with E-state index in [4.69, 9.17) is 9.47 Å². The van der Waals surface area contributed by atoms with Crippen molar-refractivity contribution < 1.29 is 23.9 Å². The molecule has 2 aliphatic heterocycles. The van der Waals surface area contributed by atoms with E-state index in [-0.39, 0.29) is 35.9 Å². The average Bonchev–Trinajstić information content (AvgIpc) is 3.38. The zero-order valence-electron chi connectivity index (χ0n) is 21.3. The van der Waals surface area contributed by atoms with E-state index in [2.05, 4.69) is 15.5 Å². The summed E-state index contributed by atoms with van der Waals surface area (Å²) in [6.45, 7) is 1.94. The lowest BCUT2D eigenvalue weighted by atomic mass is 10.0. The molecule has 3 aromatic rings. The van der Waals surface area contributed by atoms with Crippen molar-refractivity contribution in [3.05, 3.63) is 82.0 Å². The molecule has 1 fully saturated rings. The van der Waals surface area contributed by atoms with Crippen LogP contribution in [0.5, 0.6) is 5.75 Å². The zero-order valence-corrected chi connectivity index (χ0v) is 23.7. The number of thioether (sulfide) groups is 2. The number of fused-ring (bicyclic) bond motifs is 1. The van der Waals surface area contributed by atoms with Crippen molar-refractivity contribution in [2.24, 2.45) is 0 Å². The van der Waals surface area contributed by atoms with Gasteiger partial charge in [0, 0.05) is 11.5 Å². The fourth-order valence-electron chi connectivity index (χ4n) is 4.21. The first-order valence-corrected chi connectivity index (χ1v) is 15.0. The van der Waals surface area contributed by atoms with Gasteiger partial charge in [0.1, 0.15) is 34.5 Å². The number of carbonyl (C=O) groups is 3. The number of ether oxygens (including phenoxy) is 2. The molecular weight excluding hydrogens is 557 g/mol. The maximum absolute atomic E-state index is 13.4. The molecule has 12 heteroatoms. The van der Waals surface area contributed by atoms with Gasteiger partial charge >= 0.3 is 5.97 Å². The molecule has 3 heterocycles. The van der Waals surface area contributed by atoms with Gasteiger partial charge in [0.2, 0.25) is 5.91 Å². The number of aromatic nitrogens is 2. The molecule has 1 aromatic heterocycles. The van der Waals surface area contributed by atoms with Gasteiger partial charge in [-0.25, -0.2) is 4.79 Å². The smallest absolute Gasteiger partial charge is 0.355 e. The van der Waals surface area contributed by atoms with E-state index < -0.39 is 12.0 Å². The Bertz CT molecular complexity index is 1390. The van der Waals surface area contributed by atoms with E-state index in [9.17, 15) is 14.4 Å². The van der Waals surface area contributed by atoms with E-state index in [1.165, 1.54) is 39.8 Å². The summed E-state index contributed by atoms with van der Waals surface area (Å²) in [6, 6.07) is 15.9. The number of nitrogens with zero attached hydrogens (tertiary/aromatic N) is 3. The third-order valence-corrected chi connectivity index (χ3v) is 9.57. The van der Waals surface area contributed by atoms with Crippen molar-refractivity contribution in [1.82, 2.24) is 20.4 Å². The summed E-state index contributed by atoms with van der Waals surface area (Å²) in [5.74, 6) is 0.577. The van der Waals surface area contributed by atoms with Crippen molar-refractivity contribution in [1.29, 1.82) is 0 Å². The minimum Gasteiger partial charge on any atom is -0.497 e. The maximum Gasteiger partial charge on any atom is 0.355 e. The highest BCUT2D eigenvalue weighted by Crippen LogP contribution is 2.42. The number of esters is 1. The van der Waals surface area contributed by atoms with Crippen LogP contribution < -0.4 is 10.1 Å². The van der Waals surface area contributed by atoms with Crippen molar-refractivity contribution in [2.45, 2.75) is 35.7 Å². The molecule has 0 aliphatic carbocycles. The SMILES string of the molecule is COc1ccc(COC(=O)C2=C(CSc3nnc(C)s3)CS[C@@H]3C(NC(=O)Cc4ccccc4)C(=O)N23)cc1. The van der Waals surface area contributed by atoms with Crippen LogP contribution in [0, 0.1) is 6.92 Å². The lowest BCUT2D eigenvalue weighted by Crippen LogP contribution is -2.70. The standard InChI is InChI=1S/C27H26N4O5S3/c1-16-29-30-27(39-16)38-15-19-14-37-25-22(28-21(32)12-17-6-4-3-5-7-17)24(33)31(25)23(19)26(34)36-13-18-8-10-20(35-2)11-9-18/h3-11,22,25H,12-15H2,1-2H3,(H,28,32)/t22?,25-/m1/s1. The number of aryl methyl sites for hydroxylation is 1. The van der Waals surface area contributed by atoms with Crippen LogP contribution in [-0.2, 0) is 32.1 Å². The largest absolute Gasteiger partial charge is 0.497 e. The van der Waals surface area contributed by atoms with Gasteiger partial charge in [-0.3, -0.25) is 14.5 Å². The summed E-state index contributed by atoms with van der Waals surface area (Å²) < 4.78 is 11.6. The molecule has 9 nitrogen and oxygen atoms in total. The Kier molecular flexibility index (Phi) is 8.53. The Morgan fingerprint density at radius 1 is 1.10 bits per heavy atom. The molecule has 0 spiro atoms.